The topological polar surface area (TPSA) is 67.8 Å². The largest absolute Gasteiger partial charge is 0.490 e. The highest BCUT2D eigenvalue weighted by Gasteiger charge is 2.17. The number of benzene rings is 1. The van der Waals surface area contributed by atoms with Crippen LogP contribution in [0.1, 0.15) is 25.8 Å². The molecule has 2 N–H and O–H groups in total. The molecule has 7 heteroatoms. The average Bonchev–Trinajstić information content (AvgIpc) is 2.50. The van der Waals surface area contributed by atoms with Crippen LogP contribution < -0.4 is 14.8 Å². The number of nitrogens with one attached hydrogen (secondary N) is 1. The summed E-state index contributed by atoms with van der Waals surface area (Å²) in [5.74, 6) is 1.05. The third-order valence-corrected chi connectivity index (χ3v) is 4.04. The lowest BCUT2D eigenvalue weighted by Crippen LogP contribution is -2.36. The number of carbonyl (C=O) groups is 1. The first-order valence-corrected chi connectivity index (χ1v) is 9.33. The van der Waals surface area contributed by atoms with Gasteiger partial charge in [0.25, 0.3) is 0 Å². The van der Waals surface area contributed by atoms with Crippen molar-refractivity contribution in [3.8, 4) is 11.5 Å². The molecule has 1 aromatic carbocycles. The van der Waals surface area contributed by atoms with Crippen LogP contribution in [0.3, 0.4) is 0 Å². The van der Waals surface area contributed by atoms with Gasteiger partial charge in [0.2, 0.25) is 0 Å². The Kier molecular flexibility index (Phi) is 9.21. The predicted molar refractivity (Wildman–Crippen MR) is 95.1 cm³/mol. The van der Waals surface area contributed by atoms with Crippen molar-refractivity contribution in [1.29, 1.82) is 0 Å². The van der Waals surface area contributed by atoms with E-state index in [2.05, 4.69) is 5.32 Å². The Bertz CT molecular complexity index is 513. The van der Waals surface area contributed by atoms with Gasteiger partial charge < -0.3 is 19.9 Å². The molecule has 1 atom stereocenters. The smallest absolute Gasteiger partial charge is 0.320 e. The fraction of sp³-hybridized carbons (Fsp3) is 0.562. The van der Waals surface area contributed by atoms with Crippen LogP contribution in [0.5, 0.6) is 11.5 Å². The Morgan fingerprint density at radius 1 is 1.35 bits per heavy atom. The molecule has 1 aromatic rings. The summed E-state index contributed by atoms with van der Waals surface area (Å²) in [6.07, 6.45) is 2.53. The van der Waals surface area contributed by atoms with Crippen LogP contribution >= 0.6 is 23.4 Å². The van der Waals surface area contributed by atoms with E-state index >= 15 is 0 Å². The molecule has 0 saturated carbocycles. The quantitative estimate of drug-likeness (QED) is 0.629. The molecule has 0 amide bonds. The highest BCUT2D eigenvalue weighted by Crippen LogP contribution is 2.36. The summed E-state index contributed by atoms with van der Waals surface area (Å²) in [6, 6.07) is 3.03. The van der Waals surface area contributed by atoms with Gasteiger partial charge in [-0.3, -0.25) is 4.79 Å². The Labute approximate surface area is 146 Å². The van der Waals surface area contributed by atoms with Crippen LogP contribution in [-0.2, 0) is 11.3 Å². The molecule has 130 valence electrons. The van der Waals surface area contributed by atoms with Crippen molar-refractivity contribution in [2.24, 2.45) is 0 Å². The second-order valence-corrected chi connectivity index (χ2v) is 6.22. The van der Waals surface area contributed by atoms with E-state index < -0.39 is 12.0 Å². The molecule has 0 radical (unpaired) electrons. The van der Waals surface area contributed by atoms with Crippen molar-refractivity contribution in [3.05, 3.63) is 22.7 Å². The van der Waals surface area contributed by atoms with E-state index in [0.717, 1.165) is 11.3 Å². The van der Waals surface area contributed by atoms with E-state index in [0.29, 0.717) is 42.7 Å². The zero-order valence-corrected chi connectivity index (χ0v) is 15.3. The predicted octanol–water partition coefficient (Wildman–Crippen LogP) is 3.43. The molecule has 0 aliphatic rings. The van der Waals surface area contributed by atoms with Crippen LogP contribution in [0, 0.1) is 0 Å². The van der Waals surface area contributed by atoms with Gasteiger partial charge >= 0.3 is 5.97 Å². The van der Waals surface area contributed by atoms with Gasteiger partial charge in [-0.2, -0.15) is 11.8 Å². The Morgan fingerprint density at radius 2 is 2.04 bits per heavy atom. The standard InChI is InChI=1S/C16H24ClNO4S/c1-4-21-14-9-11(8-12(17)15(14)22-5-2)10-18-13(16(19)20)6-7-23-3/h8-9,13,18H,4-7,10H2,1-3H3,(H,19,20). The normalized spacial score (nSPS) is 12.0. The van der Waals surface area contributed by atoms with E-state index in [1.54, 1.807) is 17.8 Å². The highest BCUT2D eigenvalue weighted by atomic mass is 35.5. The van der Waals surface area contributed by atoms with Gasteiger partial charge in [-0.1, -0.05) is 11.6 Å². The number of rotatable bonds is 11. The Morgan fingerprint density at radius 3 is 2.61 bits per heavy atom. The van der Waals surface area contributed by atoms with Crippen molar-refractivity contribution < 1.29 is 19.4 Å². The van der Waals surface area contributed by atoms with Gasteiger partial charge in [0.15, 0.2) is 11.5 Å². The van der Waals surface area contributed by atoms with Crippen molar-refractivity contribution in [2.75, 3.05) is 25.2 Å². The fourth-order valence-electron chi connectivity index (χ4n) is 2.06. The molecular formula is C16H24ClNO4S. The first-order valence-electron chi connectivity index (χ1n) is 7.56. The number of carboxylic acids is 1. The summed E-state index contributed by atoms with van der Waals surface area (Å²) in [4.78, 5) is 11.3. The Hall–Kier alpha value is -1.11. The van der Waals surface area contributed by atoms with E-state index in [-0.39, 0.29) is 0 Å². The van der Waals surface area contributed by atoms with E-state index in [4.69, 9.17) is 21.1 Å². The molecule has 0 heterocycles. The summed E-state index contributed by atoms with van der Waals surface area (Å²) in [5, 5.41) is 12.8. The first-order chi connectivity index (χ1) is 11.0. The molecule has 23 heavy (non-hydrogen) atoms. The van der Waals surface area contributed by atoms with Crippen LogP contribution in [0.4, 0.5) is 0 Å². The first kappa shape index (κ1) is 19.9. The molecule has 0 aliphatic carbocycles. The molecule has 1 unspecified atom stereocenters. The Balaban J connectivity index is 2.85. The number of hydrogen-bond donors (Lipinski definition) is 2. The van der Waals surface area contributed by atoms with Crippen molar-refractivity contribution in [1.82, 2.24) is 5.32 Å². The van der Waals surface area contributed by atoms with Crippen LogP contribution in [0.25, 0.3) is 0 Å². The maximum atomic E-state index is 11.3. The minimum Gasteiger partial charge on any atom is -0.490 e. The van der Waals surface area contributed by atoms with Gasteiger partial charge in [0.1, 0.15) is 6.04 Å². The maximum Gasteiger partial charge on any atom is 0.320 e. The van der Waals surface area contributed by atoms with Gasteiger partial charge in [-0.05, 0) is 50.0 Å². The lowest BCUT2D eigenvalue weighted by Gasteiger charge is -2.17. The lowest BCUT2D eigenvalue weighted by molar-refractivity contribution is -0.139. The number of ether oxygens (including phenoxy) is 2. The lowest BCUT2D eigenvalue weighted by atomic mass is 10.1. The molecule has 5 nitrogen and oxygen atoms in total. The maximum absolute atomic E-state index is 11.3. The third kappa shape index (κ3) is 6.49. The number of thioether (sulfide) groups is 1. The number of carboxylic acid groups (broad SMARTS) is 1. The van der Waals surface area contributed by atoms with E-state index in [1.807, 2.05) is 26.2 Å². The zero-order valence-electron chi connectivity index (χ0n) is 13.7. The third-order valence-electron chi connectivity index (χ3n) is 3.12. The number of aliphatic carboxylic acids is 1. The second kappa shape index (κ2) is 10.6. The molecule has 0 fully saturated rings. The number of halogens is 1. The van der Waals surface area contributed by atoms with Crippen LogP contribution in [-0.4, -0.2) is 42.3 Å². The fourth-order valence-corrected chi connectivity index (χ4v) is 2.82. The SMILES string of the molecule is CCOc1cc(CNC(CCSC)C(=O)O)cc(Cl)c1OCC. The average molecular weight is 362 g/mol. The highest BCUT2D eigenvalue weighted by molar-refractivity contribution is 7.98. The number of hydrogen-bond acceptors (Lipinski definition) is 5. The van der Waals surface area contributed by atoms with Gasteiger partial charge in [-0.15, -0.1) is 0 Å². The summed E-state index contributed by atoms with van der Waals surface area (Å²) < 4.78 is 11.1. The van der Waals surface area contributed by atoms with Crippen LogP contribution in [0.2, 0.25) is 5.02 Å². The van der Waals surface area contributed by atoms with Crippen LogP contribution in [0.15, 0.2) is 12.1 Å². The minimum absolute atomic E-state index is 0.400. The second-order valence-electron chi connectivity index (χ2n) is 4.82. The van der Waals surface area contributed by atoms with Gasteiger partial charge in [-0.25, -0.2) is 0 Å². The van der Waals surface area contributed by atoms with E-state index in [9.17, 15) is 9.90 Å². The summed E-state index contributed by atoms with van der Waals surface area (Å²) in [6.45, 7) is 5.16. The molecule has 0 spiro atoms. The summed E-state index contributed by atoms with van der Waals surface area (Å²) >= 11 is 7.89. The van der Waals surface area contributed by atoms with Crippen molar-refractivity contribution in [2.45, 2.75) is 32.9 Å². The minimum atomic E-state index is -0.846. The molecule has 0 bridgehead atoms. The molecule has 1 rings (SSSR count). The van der Waals surface area contributed by atoms with Gasteiger partial charge in [0, 0.05) is 6.54 Å². The molecular weight excluding hydrogens is 338 g/mol. The molecule has 0 saturated heterocycles. The van der Waals surface area contributed by atoms with Crippen molar-refractivity contribution in [3.63, 3.8) is 0 Å². The van der Waals surface area contributed by atoms with Crippen molar-refractivity contribution >= 4 is 29.3 Å². The van der Waals surface area contributed by atoms with E-state index in [1.165, 1.54) is 0 Å². The zero-order chi connectivity index (χ0) is 17.2. The molecule has 0 aliphatic heterocycles. The summed E-state index contributed by atoms with van der Waals surface area (Å²) in [7, 11) is 0. The monoisotopic (exact) mass is 361 g/mol. The molecule has 0 aromatic heterocycles. The summed E-state index contributed by atoms with van der Waals surface area (Å²) in [5.41, 5.74) is 0.859. The van der Waals surface area contributed by atoms with Gasteiger partial charge in [0.05, 0.1) is 18.2 Å².